The van der Waals surface area contributed by atoms with Crippen LogP contribution in [0.3, 0.4) is 0 Å². The van der Waals surface area contributed by atoms with Crippen LogP contribution in [-0.4, -0.2) is 25.4 Å². The minimum atomic E-state index is -0.493. The first kappa shape index (κ1) is 20.3. The van der Waals surface area contributed by atoms with Gasteiger partial charge in [0.05, 0.1) is 11.3 Å². The number of carbonyl (C=O) groups is 1. The molecule has 8 nitrogen and oxygen atoms in total. The molecule has 0 saturated heterocycles. The number of aryl methyl sites for hydroxylation is 2. The normalized spacial score (nSPS) is 12.0. The number of hydrogen-bond donors (Lipinski definition) is 1. The van der Waals surface area contributed by atoms with Crippen LogP contribution in [0, 0.1) is 10.1 Å². The molecule has 0 aliphatic rings. The van der Waals surface area contributed by atoms with Gasteiger partial charge in [-0.1, -0.05) is 30.3 Å². The molecule has 0 saturated carbocycles. The zero-order valence-corrected chi connectivity index (χ0v) is 17.0. The lowest BCUT2D eigenvalue weighted by atomic mass is 10.1. The third-order valence-electron chi connectivity index (χ3n) is 5.25. The molecule has 0 amide bonds. The van der Waals surface area contributed by atoms with Crippen LogP contribution in [0.2, 0.25) is 0 Å². The molecular weight excluding hydrogens is 396 g/mol. The van der Waals surface area contributed by atoms with Crippen LogP contribution >= 0.6 is 0 Å². The van der Waals surface area contributed by atoms with Crippen molar-refractivity contribution in [1.82, 2.24) is 14.5 Å². The van der Waals surface area contributed by atoms with Crippen LogP contribution in [-0.2, 0) is 29.4 Å². The van der Waals surface area contributed by atoms with E-state index in [1.165, 1.54) is 12.1 Å². The smallest absolute Gasteiger partial charge is 0.311 e. The molecule has 0 aliphatic carbocycles. The summed E-state index contributed by atoms with van der Waals surface area (Å²) in [6.45, 7) is 0. The third-order valence-corrected chi connectivity index (χ3v) is 5.25. The largest absolute Gasteiger partial charge is 0.454 e. The van der Waals surface area contributed by atoms with Crippen LogP contribution in [0.15, 0.2) is 67.1 Å². The topological polar surface area (TPSA) is 103 Å². The summed E-state index contributed by atoms with van der Waals surface area (Å²) in [6.07, 6.45) is 6.04. The Morgan fingerprint density at radius 3 is 2.77 bits per heavy atom. The zero-order valence-electron chi connectivity index (χ0n) is 17.0. The molecule has 0 fully saturated rings. The summed E-state index contributed by atoms with van der Waals surface area (Å²) in [5.74, 6) is 0.271. The SMILES string of the molecule is Cn1ccnc1[C@H](CCc1ccccc1)OC(=O)Cc1c[nH]c2ccc([N+](=O)[O-])cc12. The average molecular weight is 418 g/mol. The first-order chi connectivity index (χ1) is 15.0. The second kappa shape index (κ2) is 8.83. The predicted octanol–water partition coefficient (Wildman–Crippen LogP) is 4.27. The van der Waals surface area contributed by atoms with Gasteiger partial charge < -0.3 is 14.3 Å². The number of hydrogen-bond acceptors (Lipinski definition) is 5. The average Bonchev–Trinajstić information content (AvgIpc) is 3.37. The van der Waals surface area contributed by atoms with E-state index in [-0.39, 0.29) is 12.1 Å². The van der Waals surface area contributed by atoms with E-state index in [2.05, 4.69) is 9.97 Å². The number of nitrogens with zero attached hydrogens (tertiary/aromatic N) is 3. The molecule has 158 valence electrons. The van der Waals surface area contributed by atoms with E-state index in [1.54, 1.807) is 18.5 Å². The number of imidazole rings is 1. The lowest BCUT2D eigenvalue weighted by molar-refractivity contribution is -0.384. The van der Waals surface area contributed by atoms with Gasteiger partial charge in [0.15, 0.2) is 6.10 Å². The third kappa shape index (κ3) is 4.63. The van der Waals surface area contributed by atoms with Gasteiger partial charge in [0, 0.05) is 48.7 Å². The van der Waals surface area contributed by atoms with Gasteiger partial charge in [0.2, 0.25) is 0 Å². The Morgan fingerprint density at radius 1 is 1.26 bits per heavy atom. The van der Waals surface area contributed by atoms with Crippen molar-refractivity contribution in [3.63, 3.8) is 0 Å². The van der Waals surface area contributed by atoms with Gasteiger partial charge in [-0.3, -0.25) is 14.9 Å². The first-order valence-electron chi connectivity index (χ1n) is 9.96. The number of nitro benzene ring substituents is 1. The number of non-ortho nitro benzene ring substituents is 1. The second-order valence-electron chi connectivity index (χ2n) is 7.38. The molecule has 0 radical (unpaired) electrons. The van der Waals surface area contributed by atoms with E-state index in [0.717, 1.165) is 17.5 Å². The highest BCUT2D eigenvalue weighted by Gasteiger charge is 2.22. The number of ether oxygens (including phenoxy) is 1. The Bertz CT molecular complexity index is 1210. The summed E-state index contributed by atoms with van der Waals surface area (Å²) < 4.78 is 7.67. The zero-order chi connectivity index (χ0) is 21.8. The van der Waals surface area contributed by atoms with Crippen molar-refractivity contribution in [2.75, 3.05) is 0 Å². The Hall–Kier alpha value is -3.94. The Labute approximate surface area is 178 Å². The number of nitro groups is 1. The molecular formula is C23H22N4O4. The van der Waals surface area contributed by atoms with Crippen molar-refractivity contribution in [1.29, 1.82) is 0 Å². The first-order valence-corrected chi connectivity index (χ1v) is 9.96. The summed E-state index contributed by atoms with van der Waals surface area (Å²) in [7, 11) is 1.87. The van der Waals surface area contributed by atoms with Gasteiger partial charge in [0.1, 0.15) is 5.82 Å². The number of fused-ring (bicyclic) bond motifs is 1. The van der Waals surface area contributed by atoms with E-state index in [9.17, 15) is 14.9 Å². The number of aromatic nitrogens is 3. The maximum absolute atomic E-state index is 12.8. The Kier molecular flexibility index (Phi) is 5.79. The molecule has 2 aromatic carbocycles. The molecule has 0 spiro atoms. The molecule has 4 rings (SSSR count). The van der Waals surface area contributed by atoms with Gasteiger partial charge in [-0.05, 0) is 30.0 Å². The van der Waals surface area contributed by atoms with Crippen LogP contribution in [0.25, 0.3) is 10.9 Å². The Morgan fingerprint density at radius 2 is 2.06 bits per heavy atom. The number of nitrogens with one attached hydrogen (secondary N) is 1. The molecule has 2 heterocycles. The Balaban J connectivity index is 1.51. The van der Waals surface area contributed by atoms with Crippen LogP contribution in [0.4, 0.5) is 5.69 Å². The highest BCUT2D eigenvalue weighted by Crippen LogP contribution is 2.26. The van der Waals surface area contributed by atoms with Gasteiger partial charge in [-0.15, -0.1) is 0 Å². The van der Waals surface area contributed by atoms with Crippen LogP contribution in [0.1, 0.15) is 29.5 Å². The monoisotopic (exact) mass is 418 g/mol. The van der Waals surface area contributed by atoms with Crippen molar-refractivity contribution in [3.05, 3.63) is 94.2 Å². The van der Waals surface area contributed by atoms with Crippen molar-refractivity contribution >= 4 is 22.6 Å². The van der Waals surface area contributed by atoms with E-state index in [0.29, 0.717) is 23.2 Å². The van der Waals surface area contributed by atoms with E-state index >= 15 is 0 Å². The van der Waals surface area contributed by atoms with Crippen molar-refractivity contribution in [3.8, 4) is 0 Å². The number of H-pyrrole nitrogens is 1. The maximum atomic E-state index is 12.8. The van der Waals surface area contributed by atoms with E-state index < -0.39 is 17.0 Å². The molecule has 0 unspecified atom stereocenters. The molecule has 0 bridgehead atoms. The highest BCUT2D eigenvalue weighted by atomic mass is 16.6. The minimum absolute atomic E-state index is 0.00737. The fraction of sp³-hybridized carbons (Fsp3) is 0.217. The van der Waals surface area contributed by atoms with Crippen molar-refractivity contribution in [2.24, 2.45) is 7.05 Å². The van der Waals surface area contributed by atoms with E-state index in [1.807, 2.05) is 48.1 Å². The van der Waals surface area contributed by atoms with Crippen LogP contribution < -0.4 is 0 Å². The van der Waals surface area contributed by atoms with Gasteiger partial charge in [0.25, 0.3) is 5.69 Å². The number of aromatic amines is 1. The van der Waals surface area contributed by atoms with Crippen LogP contribution in [0.5, 0.6) is 0 Å². The number of carbonyl (C=O) groups excluding carboxylic acids is 1. The predicted molar refractivity (Wildman–Crippen MR) is 115 cm³/mol. The minimum Gasteiger partial charge on any atom is -0.454 e. The van der Waals surface area contributed by atoms with Gasteiger partial charge >= 0.3 is 5.97 Å². The fourth-order valence-electron chi connectivity index (χ4n) is 3.65. The lowest BCUT2D eigenvalue weighted by Crippen LogP contribution is -2.17. The number of esters is 1. The van der Waals surface area contributed by atoms with Crippen molar-refractivity contribution < 1.29 is 14.5 Å². The molecule has 31 heavy (non-hydrogen) atoms. The molecule has 8 heteroatoms. The lowest BCUT2D eigenvalue weighted by Gasteiger charge is -2.18. The maximum Gasteiger partial charge on any atom is 0.311 e. The van der Waals surface area contributed by atoms with Gasteiger partial charge in [-0.2, -0.15) is 0 Å². The molecule has 1 N–H and O–H groups in total. The summed E-state index contributed by atoms with van der Waals surface area (Å²) in [6, 6.07) is 14.5. The molecule has 4 aromatic rings. The summed E-state index contributed by atoms with van der Waals surface area (Å²) >= 11 is 0. The van der Waals surface area contributed by atoms with Gasteiger partial charge in [-0.25, -0.2) is 4.98 Å². The summed E-state index contributed by atoms with van der Waals surface area (Å²) in [5, 5.41) is 11.7. The fourth-order valence-corrected chi connectivity index (χ4v) is 3.65. The van der Waals surface area contributed by atoms with Crippen molar-refractivity contribution in [2.45, 2.75) is 25.4 Å². The summed E-state index contributed by atoms with van der Waals surface area (Å²) in [5.41, 5.74) is 2.53. The molecule has 2 aromatic heterocycles. The number of rotatable bonds is 8. The highest BCUT2D eigenvalue weighted by molar-refractivity contribution is 5.88. The van der Waals surface area contributed by atoms with E-state index in [4.69, 9.17) is 4.74 Å². The molecule has 1 atom stereocenters. The number of benzene rings is 2. The quantitative estimate of drug-likeness (QED) is 0.261. The molecule has 0 aliphatic heterocycles. The summed E-state index contributed by atoms with van der Waals surface area (Å²) in [4.78, 5) is 30.9. The standard InChI is InChI=1S/C23H22N4O4/c1-26-12-11-24-23(26)21(10-7-16-5-3-2-4-6-16)31-22(28)13-17-15-25-20-9-8-18(27(29)30)14-19(17)20/h2-6,8-9,11-12,14-15,21,25H,7,10,13H2,1H3/t21-/m0/s1. The second-order valence-corrected chi connectivity index (χ2v) is 7.38.